The number of methoxy groups -OCH3 is 2. The molecule has 0 radical (unpaired) electrons. The summed E-state index contributed by atoms with van der Waals surface area (Å²) in [6, 6.07) is 5.83. The summed E-state index contributed by atoms with van der Waals surface area (Å²) in [7, 11) is 7.12. The molecule has 0 amide bonds. The minimum atomic E-state index is -0.247. The molecule has 0 unspecified atom stereocenters. The molecule has 172 valence electrons. The molecule has 0 saturated heterocycles. The van der Waals surface area contributed by atoms with Gasteiger partial charge in [0.05, 0.1) is 20.4 Å². The van der Waals surface area contributed by atoms with Gasteiger partial charge in [-0.1, -0.05) is 4.98 Å². The summed E-state index contributed by atoms with van der Waals surface area (Å²) in [5.74, 6) is 1.26. The second kappa shape index (κ2) is 11.4. The third-order valence-electron chi connectivity index (χ3n) is 5.38. The van der Waals surface area contributed by atoms with Gasteiger partial charge in [0.25, 0.3) is 0 Å². The highest BCUT2D eigenvalue weighted by Gasteiger charge is 2.18. The van der Waals surface area contributed by atoms with Crippen LogP contribution in [-0.2, 0) is 22.5 Å². The Kier molecular flexibility index (Phi) is 8.41. The van der Waals surface area contributed by atoms with Crippen molar-refractivity contribution in [3.05, 3.63) is 41.9 Å². The highest BCUT2D eigenvalue weighted by atomic mass is 16.5. The second-order valence-corrected chi connectivity index (χ2v) is 7.74. The molecule has 2 heterocycles. The Morgan fingerprint density at radius 2 is 2.12 bits per heavy atom. The largest absolute Gasteiger partial charge is 0.496 e. The van der Waals surface area contributed by atoms with Gasteiger partial charge in [-0.25, -0.2) is 4.98 Å². The van der Waals surface area contributed by atoms with E-state index < -0.39 is 0 Å². The topological polar surface area (TPSA) is 106 Å². The van der Waals surface area contributed by atoms with Crippen LogP contribution in [0.3, 0.4) is 0 Å². The summed E-state index contributed by atoms with van der Waals surface area (Å²) < 4.78 is 10.2. The van der Waals surface area contributed by atoms with Gasteiger partial charge in [0.15, 0.2) is 0 Å². The Balaban J connectivity index is 1.82. The number of ether oxygens (including phenoxy) is 2. The maximum Gasteiger partial charge on any atom is 0.305 e. The van der Waals surface area contributed by atoms with E-state index in [0.29, 0.717) is 12.8 Å². The van der Waals surface area contributed by atoms with Crippen molar-refractivity contribution < 1.29 is 19.3 Å². The average molecular weight is 442 g/mol. The molecule has 0 bridgehead atoms. The molecule has 0 fully saturated rings. The maximum absolute atomic E-state index is 11.6. The van der Waals surface area contributed by atoms with Crippen LogP contribution in [0.5, 0.6) is 5.75 Å². The zero-order valence-electron chi connectivity index (χ0n) is 19.2. The van der Waals surface area contributed by atoms with E-state index in [1.54, 1.807) is 13.4 Å². The number of nitrogens with zero attached hydrogens (tertiary/aromatic N) is 2. The number of fused-ring (bicyclic) bond motifs is 1. The summed E-state index contributed by atoms with van der Waals surface area (Å²) in [5, 5.41) is 7.66. The molecule has 0 spiro atoms. The number of aromatic nitrogens is 3. The van der Waals surface area contributed by atoms with Crippen LogP contribution in [0.2, 0.25) is 0 Å². The number of benzene rings is 1. The first-order valence-electron chi connectivity index (χ1n) is 10.8. The third kappa shape index (κ3) is 5.95. The van der Waals surface area contributed by atoms with Gasteiger partial charge >= 0.3 is 5.97 Å². The average Bonchev–Trinajstić information content (AvgIpc) is 3.21. The number of esters is 1. The number of aromatic amines is 2. The van der Waals surface area contributed by atoms with Gasteiger partial charge in [-0.2, -0.15) is 0 Å². The van der Waals surface area contributed by atoms with Crippen LogP contribution in [0, 0.1) is 0 Å². The molecule has 0 saturated carbocycles. The number of hydrogen-bond donors (Lipinski definition) is 3. The monoisotopic (exact) mass is 441 g/mol. The summed E-state index contributed by atoms with van der Waals surface area (Å²) in [4.78, 5) is 24.9. The van der Waals surface area contributed by atoms with Crippen molar-refractivity contribution in [2.24, 2.45) is 0 Å². The molecule has 3 rings (SSSR count). The van der Waals surface area contributed by atoms with Crippen LogP contribution in [0.4, 0.5) is 11.5 Å². The van der Waals surface area contributed by atoms with E-state index in [0.717, 1.165) is 59.9 Å². The quantitative estimate of drug-likeness (QED) is 0.292. The van der Waals surface area contributed by atoms with Crippen LogP contribution < -0.4 is 20.4 Å². The first kappa shape index (κ1) is 23.5. The number of aryl methyl sites for hydroxylation is 1. The van der Waals surface area contributed by atoms with E-state index in [2.05, 4.69) is 37.5 Å². The van der Waals surface area contributed by atoms with E-state index in [4.69, 9.17) is 9.47 Å². The Hall–Kier alpha value is -3.17. The van der Waals surface area contributed by atoms with Crippen molar-refractivity contribution >= 4 is 28.5 Å². The zero-order chi connectivity index (χ0) is 22.9. The zero-order valence-corrected chi connectivity index (χ0v) is 19.2. The van der Waals surface area contributed by atoms with Crippen LogP contribution in [0.15, 0.2) is 30.7 Å². The van der Waals surface area contributed by atoms with Gasteiger partial charge in [0.2, 0.25) is 17.8 Å². The van der Waals surface area contributed by atoms with Crippen molar-refractivity contribution in [1.82, 2.24) is 20.2 Å². The molecule has 9 heteroatoms. The minimum absolute atomic E-state index is 0.247. The Morgan fingerprint density at radius 3 is 2.88 bits per heavy atom. The predicted molar refractivity (Wildman–Crippen MR) is 124 cm³/mol. The molecule has 4 N–H and O–H groups in total. The maximum atomic E-state index is 11.6. The van der Waals surface area contributed by atoms with Crippen LogP contribution >= 0.6 is 0 Å². The fraction of sp³-hybridized carbons (Fsp3) is 0.435. The van der Waals surface area contributed by atoms with E-state index in [-0.39, 0.29) is 5.97 Å². The fourth-order valence-corrected chi connectivity index (χ4v) is 3.72. The van der Waals surface area contributed by atoms with E-state index in [1.807, 2.05) is 31.4 Å². The van der Waals surface area contributed by atoms with Crippen molar-refractivity contribution in [2.45, 2.75) is 25.8 Å². The molecular formula is C23H33N6O3+. The smallest absolute Gasteiger partial charge is 0.305 e. The van der Waals surface area contributed by atoms with Gasteiger partial charge in [-0.15, -0.1) is 0 Å². The van der Waals surface area contributed by atoms with Crippen LogP contribution in [0.1, 0.15) is 24.0 Å². The molecule has 0 aliphatic carbocycles. The molecule has 0 atom stereocenters. The van der Waals surface area contributed by atoms with Gasteiger partial charge in [0.1, 0.15) is 11.1 Å². The first-order valence-corrected chi connectivity index (χ1v) is 10.8. The number of rotatable bonds is 12. The standard InChI is InChI=1S/C23H32N6O3/c1-24-10-5-11-29(2)14-17-13-25-22-21(17)23(27-15-26-22)28-18-7-8-19(31-3)16(12-18)6-9-20(30)32-4/h7-8,12-13,15,24H,5-6,9-11,14H2,1-4H3,(H2,25,26,27,28)/p+1. The van der Waals surface area contributed by atoms with Gasteiger partial charge in [-0.3, -0.25) is 9.78 Å². The SMILES string of the molecule is CNCCCN(C)Cc1c[nH]c2[nH+]cnc(Nc3ccc(OC)c(CCC(=O)OC)c3)c12. The minimum Gasteiger partial charge on any atom is -0.496 e. The summed E-state index contributed by atoms with van der Waals surface area (Å²) in [6.45, 7) is 2.81. The predicted octanol–water partition coefficient (Wildman–Crippen LogP) is 2.28. The van der Waals surface area contributed by atoms with Crippen molar-refractivity contribution in [3.63, 3.8) is 0 Å². The lowest BCUT2D eigenvalue weighted by Gasteiger charge is -2.16. The highest BCUT2D eigenvalue weighted by molar-refractivity contribution is 5.90. The molecule has 0 aliphatic rings. The van der Waals surface area contributed by atoms with Crippen molar-refractivity contribution in [1.29, 1.82) is 0 Å². The molecule has 9 nitrogen and oxygen atoms in total. The van der Waals surface area contributed by atoms with Crippen LogP contribution in [0.25, 0.3) is 11.0 Å². The number of anilines is 2. The normalized spacial score (nSPS) is 11.2. The summed E-state index contributed by atoms with van der Waals surface area (Å²) in [6.07, 6.45) is 5.61. The number of H-pyrrole nitrogens is 2. The number of carbonyl (C=O) groups excluding carboxylic acids is 1. The van der Waals surface area contributed by atoms with E-state index >= 15 is 0 Å². The van der Waals surface area contributed by atoms with Crippen molar-refractivity contribution in [3.8, 4) is 5.75 Å². The summed E-state index contributed by atoms with van der Waals surface area (Å²) >= 11 is 0. The Bertz CT molecular complexity index is 1040. The number of hydrogen-bond acceptors (Lipinski definition) is 7. The molecule has 3 aromatic rings. The molecule has 2 aromatic heterocycles. The summed E-state index contributed by atoms with van der Waals surface area (Å²) in [5.41, 5.74) is 3.89. The number of carbonyl (C=O) groups is 1. The van der Waals surface area contributed by atoms with E-state index in [9.17, 15) is 4.79 Å². The Morgan fingerprint density at radius 1 is 1.28 bits per heavy atom. The highest BCUT2D eigenvalue weighted by Crippen LogP contribution is 2.29. The van der Waals surface area contributed by atoms with Gasteiger partial charge in [-0.05, 0) is 63.8 Å². The van der Waals surface area contributed by atoms with Gasteiger partial charge < -0.3 is 25.0 Å². The van der Waals surface area contributed by atoms with E-state index in [1.165, 1.54) is 12.7 Å². The van der Waals surface area contributed by atoms with Crippen LogP contribution in [-0.4, -0.2) is 62.2 Å². The molecular weight excluding hydrogens is 408 g/mol. The molecule has 32 heavy (non-hydrogen) atoms. The first-order chi connectivity index (χ1) is 15.5. The second-order valence-electron chi connectivity index (χ2n) is 7.74. The fourth-order valence-electron chi connectivity index (χ4n) is 3.72. The van der Waals surface area contributed by atoms with Crippen molar-refractivity contribution in [2.75, 3.05) is 46.7 Å². The lowest BCUT2D eigenvalue weighted by Crippen LogP contribution is -2.22. The Labute approximate surface area is 188 Å². The lowest BCUT2D eigenvalue weighted by atomic mass is 10.1. The lowest BCUT2D eigenvalue weighted by molar-refractivity contribution is -0.352. The van der Waals surface area contributed by atoms with Gasteiger partial charge in [0, 0.05) is 24.2 Å². The third-order valence-corrected chi connectivity index (χ3v) is 5.38. The number of nitrogens with one attached hydrogen (secondary N) is 4. The molecule has 0 aliphatic heterocycles. The molecule has 1 aromatic carbocycles.